The summed E-state index contributed by atoms with van der Waals surface area (Å²) in [5, 5.41) is 34.7. The Morgan fingerprint density at radius 1 is 1.10 bits per heavy atom. The van der Waals surface area contributed by atoms with Crippen molar-refractivity contribution >= 4 is 17.5 Å². The Hall–Kier alpha value is -1.35. The second-order valence-electron chi connectivity index (χ2n) is 14.1. The van der Waals surface area contributed by atoms with Crippen LogP contribution in [-0.2, 0) is 23.9 Å². The lowest BCUT2D eigenvalue weighted by Gasteiger charge is -2.70. The molecule has 2 saturated carbocycles. The standard InChI is InChI=1S/C33H58O8/c1-11-21(6)18-40-28(25(36)19-41-29(37)20(4)5)24(12-2)31(9,13-3)32(10)22(7)33(38,39)26-16-23(35)14-15-30(26,8)27(32)17-34/h20-22,24,26-28,34,38-39H,11-19H2,1-10H3. The molecule has 238 valence electrons. The molecule has 0 saturated heterocycles. The van der Waals surface area contributed by atoms with Gasteiger partial charge in [0.1, 0.15) is 11.9 Å². The van der Waals surface area contributed by atoms with Crippen molar-refractivity contribution in [1.29, 1.82) is 0 Å². The van der Waals surface area contributed by atoms with Gasteiger partial charge in [0.15, 0.2) is 18.2 Å². The molecule has 41 heavy (non-hydrogen) atoms. The van der Waals surface area contributed by atoms with Crippen LogP contribution in [0.3, 0.4) is 0 Å². The summed E-state index contributed by atoms with van der Waals surface area (Å²) in [6.45, 7) is 19.3. The van der Waals surface area contributed by atoms with Gasteiger partial charge in [0, 0.05) is 31.3 Å². The van der Waals surface area contributed by atoms with Crippen molar-refractivity contribution in [3.05, 3.63) is 0 Å². The number of aliphatic hydroxyl groups is 3. The molecule has 0 aromatic carbocycles. The van der Waals surface area contributed by atoms with Gasteiger partial charge in [-0.05, 0) is 53.3 Å². The minimum absolute atomic E-state index is 0.0113. The summed E-state index contributed by atoms with van der Waals surface area (Å²) >= 11 is 0. The normalized spacial score (nSPS) is 33.4. The number of esters is 1. The van der Waals surface area contributed by atoms with Gasteiger partial charge in [-0.3, -0.25) is 14.4 Å². The molecule has 0 spiro atoms. The van der Waals surface area contributed by atoms with Crippen molar-refractivity contribution in [1.82, 2.24) is 0 Å². The quantitative estimate of drug-likeness (QED) is 0.194. The highest BCUT2D eigenvalue weighted by Crippen LogP contribution is 2.70. The summed E-state index contributed by atoms with van der Waals surface area (Å²) in [6, 6.07) is 0. The minimum atomic E-state index is -2.15. The smallest absolute Gasteiger partial charge is 0.308 e. The number of Topliss-reactive ketones (excluding diaryl/α,β-unsaturated/α-hetero) is 2. The predicted molar refractivity (Wildman–Crippen MR) is 158 cm³/mol. The van der Waals surface area contributed by atoms with Crippen LogP contribution in [-0.4, -0.2) is 64.6 Å². The number of fused-ring (bicyclic) bond motifs is 1. The molecule has 8 nitrogen and oxygen atoms in total. The third-order valence-electron chi connectivity index (χ3n) is 11.9. The molecule has 8 heteroatoms. The van der Waals surface area contributed by atoms with Crippen LogP contribution in [0, 0.1) is 51.8 Å². The topological polar surface area (TPSA) is 130 Å². The van der Waals surface area contributed by atoms with E-state index < -0.39 is 45.9 Å². The van der Waals surface area contributed by atoms with Crippen molar-refractivity contribution in [2.24, 2.45) is 51.8 Å². The lowest BCUT2D eigenvalue weighted by molar-refractivity contribution is -0.353. The zero-order valence-electron chi connectivity index (χ0n) is 27.3. The van der Waals surface area contributed by atoms with E-state index in [1.807, 2.05) is 34.6 Å². The first kappa shape index (κ1) is 35.8. The fourth-order valence-electron chi connectivity index (χ4n) is 8.47. The SMILES string of the molecule is CCC(C)COC(C(=O)COC(=O)C(C)C)C(CC)C(C)(CC)C1(C)C(C)C(O)(O)C2CC(=O)CCC2(C)C1CO. The number of ether oxygens (including phenoxy) is 2. The second-order valence-corrected chi connectivity index (χ2v) is 14.1. The Morgan fingerprint density at radius 2 is 1.71 bits per heavy atom. The van der Waals surface area contributed by atoms with Crippen LogP contribution >= 0.6 is 0 Å². The Morgan fingerprint density at radius 3 is 2.20 bits per heavy atom. The van der Waals surface area contributed by atoms with E-state index in [0.29, 0.717) is 32.3 Å². The van der Waals surface area contributed by atoms with Crippen LogP contribution in [0.4, 0.5) is 0 Å². The Labute approximate surface area is 248 Å². The Bertz CT molecular complexity index is 930. The number of carbonyl (C=O) groups is 3. The lowest BCUT2D eigenvalue weighted by atomic mass is 9.36. The molecular formula is C33H58O8. The van der Waals surface area contributed by atoms with Crippen LogP contribution in [0.2, 0.25) is 0 Å². The molecule has 9 unspecified atom stereocenters. The summed E-state index contributed by atoms with van der Waals surface area (Å²) in [7, 11) is 0. The van der Waals surface area contributed by atoms with E-state index in [2.05, 4.69) is 20.8 Å². The fourth-order valence-corrected chi connectivity index (χ4v) is 8.47. The van der Waals surface area contributed by atoms with Crippen molar-refractivity contribution in [3.63, 3.8) is 0 Å². The van der Waals surface area contributed by atoms with Crippen molar-refractivity contribution < 1.29 is 39.2 Å². The summed E-state index contributed by atoms with van der Waals surface area (Å²) in [6.07, 6.45) is 2.01. The van der Waals surface area contributed by atoms with E-state index in [1.165, 1.54) is 0 Å². The number of ketones is 2. The molecule has 0 aromatic rings. The molecule has 2 rings (SSSR count). The largest absolute Gasteiger partial charge is 0.457 e. The van der Waals surface area contributed by atoms with Crippen molar-refractivity contribution in [2.45, 2.75) is 120 Å². The van der Waals surface area contributed by atoms with Gasteiger partial charge in [0.25, 0.3) is 0 Å². The molecule has 0 aliphatic heterocycles. The highest BCUT2D eigenvalue weighted by molar-refractivity contribution is 5.87. The number of hydrogen-bond acceptors (Lipinski definition) is 8. The van der Waals surface area contributed by atoms with E-state index in [-0.39, 0.29) is 54.9 Å². The zero-order chi connectivity index (χ0) is 31.6. The van der Waals surface area contributed by atoms with Crippen LogP contribution in [0.5, 0.6) is 0 Å². The van der Waals surface area contributed by atoms with Crippen LogP contribution < -0.4 is 0 Å². The van der Waals surface area contributed by atoms with E-state index in [4.69, 9.17) is 9.47 Å². The van der Waals surface area contributed by atoms with Gasteiger partial charge >= 0.3 is 5.97 Å². The van der Waals surface area contributed by atoms with Gasteiger partial charge in [0.2, 0.25) is 0 Å². The molecule has 2 aliphatic rings. The highest BCUT2D eigenvalue weighted by atomic mass is 16.5. The minimum Gasteiger partial charge on any atom is -0.457 e. The lowest BCUT2D eigenvalue weighted by Crippen LogP contribution is -2.72. The predicted octanol–water partition coefficient (Wildman–Crippen LogP) is 4.95. The van der Waals surface area contributed by atoms with Crippen LogP contribution in [0.1, 0.15) is 108 Å². The third-order valence-corrected chi connectivity index (χ3v) is 11.9. The van der Waals surface area contributed by atoms with E-state index >= 15 is 0 Å². The third kappa shape index (κ3) is 6.32. The number of rotatable bonds is 14. The molecule has 0 radical (unpaired) electrons. The molecule has 0 aromatic heterocycles. The monoisotopic (exact) mass is 582 g/mol. The van der Waals surface area contributed by atoms with Gasteiger partial charge in [-0.2, -0.15) is 0 Å². The maximum atomic E-state index is 13.8. The summed E-state index contributed by atoms with van der Waals surface area (Å²) < 4.78 is 11.8. The summed E-state index contributed by atoms with van der Waals surface area (Å²) in [4.78, 5) is 38.6. The summed E-state index contributed by atoms with van der Waals surface area (Å²) in [5.41, 5.74) is -2.27. The maximum absolute atomic E-state index is 13.8. The average molecular weight is 583 g/mol. The molecule has 0 amide bonds. The molecule has 2 aliphatic carbocycles. The molecule has 3 N–H and O–H groups in total. The van der Waals surface area contributed by atoms with E-state index in [9.17, 15) is 29.7 Å². The molecule has 0 bridgehead atoms. The average Bonchev–Trinajstić information content (AvgIpc) is 2.93. The first-order valence-corrected chi connectivity index (χ1v) is 15.8. The van der Waals surface area contributed by atoms with Gasteiger partial charge in [0.05, 0.1) is 12.5 Å². The van der Waals surface area contributed by atoms with E-state index in [1.54, 1.807) is 13.8 Å². The molecule has 0 heterocycles. The second kappa shape index (κ2) is 13.5. The first-order chi connectivity index (χ1) is 18.9. The van der Waals surface area contributed by atoms with Gasteiger partial charge in [-0.15, -0.1) is 0 Å². The van der Waals surface area contributed by atoms with Gasteiger partial charge in [-0.1, -0.05) is 75.7 Å². The van der Waals surface area contributed by atoms with Crippen LogP contribution in [0.15, 0.2) is 0 Å². The van der Waals surface area contributed by atoms with Crippen LogP contribution in [0.25, 0.3) is 0 Å². The molecular weight excluding hydrogens is 524 g/mol. The Balaban J connectivity index is 2.69. The maximum Gasteiger partial charge on any atom is 0.308 e. The van der Waals surface area contributed by atoms with Gasteiger partial charge < -0.3 is 24.8 Å². The Kier molecular flexibility index (Phi) is 11.8. The summed E-state index contributed by atoms with van der Waals surface area (Å²) in [5.74, 6) is -5.21. The van der Waals surface area contributed by atoms with Gasteiger partial charge in [-0.25, -0.2) is 0 Å². The van der Waals surface area contributed by atoms with E-state index in [0.717, 1.165) is 6.42 Å². The van der Waals surface area contributed by atoms with Crippen molar-refractivity contribution in [3.8, 4) is 0 Å². The van der Waals surface area contributed by atoms with Crippen molar-refractivity contribution in [2.75, 3.05) is 19.8 Å². The fraction of sp³-hybridized carbons (Fsp3) is 0.909. The molecule has 9 atom stereocenters. The highest BCUT2D eigenvalue weighted by Gasteiger charge is 2.71. The number of carbonyl (C=O) groups excluding carboxylic acids is 3. The first-order valence-electron chi connectivity index (χ1n) is 15.8. The number of aliphatic hydroxyl groups excluding tert-OH is 1. The molecule has 2 fully saturated rings. The zero-order valence-corrected chi connectivity index (χ0v) is 27.3. The number of hydrogen-bond donors (Lipinski definition) is 3.